The third-order valence-corrected chi connectivity index (χ3v) is 5.66. The van der Waals surface area contributed by atoms with Gasteiger partial charge >= 0.3 is 0 Å². The highest BCUT2D eigenvalue weighted by molar-refractivity contribution is 6.40. The summed E-state index contributed by atoms with van der Waals surface area (Å²) in [4.78, 5) is 27.2. The van der Waals surface area contributed by atoms with Crippen molar-refractivity contribution in [2.45, 2.75) is 39.0 Å². The Labute approximate surface area is 172 Å². The van der Waals surface area contributed by atoms with Gasteiger partial charge in [0, 0.05) is 6.54 Å². The summed E-state index contributed by atoms with van der Waals surface area (Å²) in [5.74, 6) is -1.79. The number of amides is 2. The zero-order chi connectivity index (χ0) is 20.8. The molecule has 0 aromatic heterocycles. The molecule has 2 amide bonds. The SMILES string of the molecule is C[C@@H](N1Cc2cccc(NC(=O)c3c(Cl)ccc(F)c3Cl)c2C1=O)C(C)(C)O. The summed E-state index contributed by atoms with van der Waals surface area (Å²) in [7, 11) is 0. The molecule has 148 valence electrons. The molecule has 5 nitrogen and oxygen atoms in total. The van der Waals surface area contributed by atoms with E-state index in [1.165, 1.54) is 6.07 Å². The monoisotopic (exact) mass is 424 g/mol. The van der Waals surface area contributed by atoms with Gasteiger partial charge < -0.3 is 15.3 Å². The fourth-order valence-corrected chi connectivity index (χ4v) is 3.64. The first-order valence-electron chi connectivity index (χ1n) is 8.62. The van der Waals surface area contributed by atoms with Crippen molar-refractivity contribution in [1.82, 2.24) is 4.90 Å². The van der Waals surface area contributed by atoms with E-state index in [1.54, 1.807) is 43.9 Å². The number of anilines is 1. The normalized spacial score (nSPS) is 14.8. The highest BCUT2D eigenvalue weighted by Crippen LogP contribution is 2.34. The average Bonchev–Trinajstić information content (AvgIpc) is 2.95. The summed E-state index contributed by atoms with van der Waals surface area (Å²) >= 11 is 11.9. The van der Waals surface area contributed by atoms with Gasteiger partial charge in [0.25, 0.3) is 11.8 Å². The lowest BCUT2D eigenvalue weighted by Gasteiger charge is -2.33. The number of fused-ring (bicyclic) bond motifs is 1. The molecule has 0 bridgehead atoms. The smallest absolute Gasteiger partial charge is 0.258 e. The number of hydrogen-bond acceptors (Lipinski definition) is 3. The number of aliphatic hydroxyl groups is 1. The number of nitrogens with zero attached hydrogens (tertiary/aromatic N) is 1. The van der Waals surface area contributed by atoms with Gasteiger partial charge in [0.2, 0.25) is 0 Å². The second kappa shape index (κ2) is 7.35. The molecule has 1 aliphatic rings. The van der Waals surface area contributed by atoms with E-state index >= 15 is 0 Å². The molecule has 1 atom stereocenters. The maximum Gasteiger partial charge on any atom is 0.258 e. The van der Waals surface area contributed by atoms with Crippen LogP contribution in [0.5, 0.6) is 0 Å². The van der Waals surface area contributed by atoms with Crippen molar-refractivity contribution >= 4 is 40.7 Å². The van der Waals surface area contributed by atoms with E-state index in [2.05, 4.69) is 5.32 Å². The number of halogens is 3. The minimum absolute atomic E-state index is 0.0000758. The molecule has 2 aromatic carbocycles. The quantitative estimate of drug-likeness (QED) is 0.709. The van der Waals surface area contributed by atoms with Crippen LogP contribution in [0.2, 0.25) is 10.0 Å². The van der Waals surface area contributed by atoms with Gasteiger partial charge in [-0.3, -0.25) is 9.59 Å². The van der Waals surface area contributed by atoms with Crippen LogP contribution in [0.3, 0.4) is 0 Å². The molecule has 8 heteroatoms. The van der Waals surface area contributed by atoms with Gasteiger partial charge in [-0.05, 0) is 44.5 Å². The number of hydrogen-bond donors (Lipinski definition) is 2. The molecule has 0 aliphatic carbocycles. The Kier molecular flexibility index (Phi) is 5.40. The van der Waals surface area contributed by atoms with E-state index in [0.717, 1.165) is 11.6 Å². The summed E-state index contributed by atoms with van der Waals surface area (Å²) in [6.45, 7) is 5.33. The summed E-state index contributed by atoms with van der Waals surface area (Å²) in [6, 6.07) is 6.93. The predicted octanol–water partition coefficient (Wildman–Crippen LogP) is 4.50. The maximum absolute atomic E-state index is 13.7. The van der Waals surface area contributed by atoms with Crippen molar-refractivity contribution in [2.24, 2.45) is 0 Å². The van der Waals surface area contributed by atoms with Gasteiger partial charge in [-0.15, -0.1) is 0 Å². The van der Waals surface area contributed by atoms with Crippen molar-refractivity contribution in [3.8, 4) is 0 Å². The maximum atomic E-state index is 13.7. The third kappa shape index (κ3) is 3.60. The van der Waals surface area contributed by atoms with Crippen molar-refractivity contribution in [1.29, 1.82) is 0 Å². The molecule has 0 radical (unpaired) electrons. The van der Waals surface area contributed by atoms with E-state index in [1.807, 2.05) is 0 Å². The summed E-state index contributed by atoms with van der Waals surface area (Å²) < 4.78 is 13.7. The zero-order valence-electron chi connectivity index (χ0n) is 15.5. The number of carbonyl (C=O) groups is 2. The molecular formula is C20H19Cl2FN2O3. The fourth-order valence-electron chi connectivity index (χ4n) is 3.10. The first-order chi connectivity index (χ1) is 13.0. The molecule has 0 spiro atoms. The summed E-state index contributed by atoms with van der Waals surface area (Å²) in [6.07, 6.45) is 0. The van der Waals surface area contributed by atoms with Crippen LogP contribution in [0.15, 0.2) is 30.3 Å². The standard InChI is InChI=1S/C20H19Cl2FN2O3/c1-10(20(2,3)28)25-9-11-5-4-6-14(15(11)19(25)27)24-18(26)16-12(21)7-8-13(23)17(16)22/h4-8,10,28H,9H2,1-3H3,(H,24,26)/t10-/m1/s1. The first kappa shape index (κ1) is 20.6. The Morgan fingerprint density at radius 1 is 1.29 bits per heavy atom. The molecule has 0 saturated heterocycles. The number of nitrogens with one attached hydrogen (secondary N) is 1. The van der Waals surface area contributed by atoms with Gasteiger partial charge in [0.1, 0.15) is 5.82 Å². The molecule has 2 aromatic rings. The highest BCUT2D eigenvalue weighted by atomic mass is 35.5. The topological polar surface area (TPSA) is 69.6 Å². The zero-order valence-corrected chi connectivity index (χ0v) is 17.0. The molecule has 1 heterocycles. The lowest BCUT2D eigenvalue weighted by atomic mass is 9.99. The Morgan fingerprint density at radius 2 is 1.96 bits per heavy atom. The highest BCUT2D eigenvalue weighted by Gasteiger charge is 2.38. The molecule has 2 N–H and O–H groups in total. The first-order valence-corrected chi connectivity index (χ1v) is 9.38. The Balaban J connectivity index is 1.95. The summed E-state index contributed by atoms with van der Waals surface area (Å²) in [5.41, 5.74) is 0.0253. The minimum atomic E-state index is -1.09. The third-order valence-electron chi connectivity index (χ3n) is 4.98. The largest absolute Gasteiger partial charge is 0.388 e. The van der Waals surface area contributed by atoms with E-state index in [4.69, 9.17) is 23.2 Å². The molecule has 28 heavy (non-hydrogen) atoms. The average molecular weight is 425 g/mol. The lowest BCUT2D eigenvalue weighted by molar-refractivity contribution is -0.00644. The van der Waals surface area contributed by atoms with Crippen LogP contribution < -0.4 is 5.32 Å². The van der Waals surface area contributed by atoms with E-state index < -0.39 is 23.4 Å². The predicted molar refractivity (Wildman–Crippen MR) is 106 cm³/mol. The second-order valence-electron chi connectivity index (χ2n) is 7.27. The van der Waals surface area contributed by atoms with E-state index in [0.29, 0.717) is 12.1 Å². The van der Waals surface area contributed by atoms with Crippen LogP contribution in [0.1, 0.15) is 47.1 Å². The second-order valence-corrected chi connectivity index (χ2v) is 8.06. The van der Waals surface area contributed by atoms with Crippen LogP contribution in [0.4, 0.5) is 10.1 Å². The molecule has 0 unspecified atom stereocenters. The molecule has 0 saturated carbocycles. The van der Waals surface area contributed by atoms with Gasteiger partial charge in [0.15, 0.2) is 0 Å². The van der Waals surface area contributed by atoms with Gasteiger partial charge in [-0.1, -0.05) is 35.3 Å². The Hall–Kier alpha value is -2.15. The van der Waals surface area contributed by atoms with Crippen LogP contribution in [-0.2, 0) is 6.54 Å². The molecule has 0 fully saturated rings. The number of carbonyl (C=O) groups excluding carboxylic acids is 2. The number of benzene rings is 2. The van der Waals surface area contributed by atoms with Crippen LogP contribution in [-0.4, -0.2) is 33.5 Å². The fraction of sp³-hybridized carbons (Fsp3) is 0.300. The van der Waals surface area contributed by atoms with Crippen molar-refractivity contribution in [3.63, 3.8) is 0 Å². The van der Waals surface area contributed by atoms with Crippen molar-refractivity contribution in [2.75, 3.05) is 5.32 Å². The van der Waals surface area contributed by atoms with Crippen LogP contribution in [0, 0.1) is 5.82 Å². The Morgan fingerprint density at radius 3 is 2.61 bits per heavy atom. The van der Waals surface area contributed by atoms with Gasteiger partial charge in [-0.2, -0.15) is 0 Å². The van der Waals surface area contributed by atoms with E-state index in [-0.39, 0.29) is 27.2 Å². The van der Waals surface area contributed by atoms with E-state index in [9.17, 15) is 19.1 Å². The molecule has 1 aliphatic heterocycles. The molecule has 3 rings (SSSR count). The number of rotatable bonds is 4. The van der Waals surface area contributed by atoms with Gasteiger partial charge in [-0.25, -0.2) is 4.39 Å². The lowest BCUT2D eigenvalue weighted by Crippen LogP contribution is -2.47. The van der Waals surface area contributed by atoms with Crippen LogP contribution >= 0.6 is 23.2 Å². The summed E-state index contributed by atoms with van der Waals surface area (Å²) in [5, 5.41) is 12.5. The van der Waals surface area contributed by atoms with Crippen LogP contribution in [0.25, 0.3) is 0 Å². The van der Waals surface area contributed by atoms with Crippen molar-refractivity contribution < 1.29 is 19.1 Å². The Bertz CT molecular complexity index is 973. The minimum Gasteiger partial charge on any atom is -0.388 e. The van der Waals surface area contributed by atoms with Crippen molar-refractivity contribution in [3.05, 3.63) is 62.9 Å². The van der Waals surface area contributed by atoms with Gasteiger partial charge in [0.05, 0.1) is 38.5 Å². The molecular weight excluding hydrogens is 406 g/mol.